The number of nitrogens with one attached hydrogen (secondary N) is 1. The first-order chi connectivity index (χ1) is 6.86. The maximum atomic E-state index is 11.3. The van der Waals surface area contributed by atoms with Crippen LogP contribution >= 0.6 is 0 Å². The van der Waals surface area contributed by atoms with Crippen LogP contribution in [0.4, 0.5) is 4.79 Å². The highest BCUT2D eigenvalue weighted by molar-refractivity contribution is 5.82. The number of nitrogens with two attached hydrogens (primary N) is 1. The van der Waals surface area contributed by atoms with E-state index in [4.69, 9.17) is 10.8 Å². The SMILES string of the molecule is CC(C(=O)O)N(C)C(=O)NCCC(N)=O. The minimum absolute atomic E-state index is 0.0288. The van der Waals surface area contributed by atoms with Gasteiger partial charge in [0.2, 0.25) is 5.91 Å². The van der Waals surface area contributed by atoms with E-state index >= 15 is 0 Å². The summed E-state index contributed by atoms with van der Waals surface area (Å²) in [7, 11) is 1.36. The van der Waals surface area contributed by atoms with E-state index in [-0.39, 0.29) is 13.0 Å². The van der Waals surface area contributed by atoms with Crippen LogP contribution in [0.2, 0.25) is 0 Å². The van der Waals surface area contributed by atoms with Crippen molar-refractivity contribution in [3.05, 3.63) is 0 Å². The quantitative estimate of drug-likeness (QED) is 0.546. The molecule has 4 N–H and O–H groups in total. The zero-order valence-corrected chi connectivity index (χ0v) is 8.69. The lowest BCUT2D eigenvalue weighted by molar-refractivity contribution is -0.141. The first-order valence-corrected chi connectivity index (χ1v) is 4.38. The van der Waals surface area contributed by atoms with Crippen molar-refractivity contribution < 1.29 is 19.5 Å². The number of carbonyl (C=O) groups is 3. The molecule has 1 unspecified atom stereocenters. The molecule has 1 atom stereocenters. The van der Waals surface area contributed by atoms with Gasteiger partial charge in [0, 0.05) is 20.0 Å². The summed E-state index contributed by atoms with van der Waals surface area (Å²) in [5.74, 6) is -1.62. The third-order valence-electron chi connectivity index (χ3n) is 1.91. The van der Waals surface area contributed by atoms with Gasteiger partial charge in [0.1, 0.15) is 6.04 Å². The Hall–Kier alpha value is -1.79. The van der Waals surface area contributed by atoms with E-state index in [0.717, 1.165) is 4.90 Å². The fourth-order valence-electron chi connectivity index (χ4n) is 0.759. The molecule has 15 heavy (non-hydrogen) atoms. The fourth-order valence-corrected chi connectivity index (χ4v) is 0.759. The van der Waals surface area contributed by atoms with Crippen molar-refractivity contribution in [2.75, 3.05) is 13.6 Å². The molecule has 0 aromatic rings. The predicted molar refractivity (Wildman–Crippen MR) is 52.1 cm³/mol. The topological polar surface area (TPSA) is 113 Å². The molecule has 0 rings (SSSR count). The maximum Gasteiger partial charge on any atom is 0.326 e. The van der Waals surface area contributed by atoms with Crippen molar-refractivity contribution >= 4 is 17.9 Å². The summed E-state index contributed by atoms with van der Waals surface area (Å²) < 4.78 is 0. The summed E-state index contributed by atoms with van der Waals surface area (Å²) in [5.41, 5.74) is 4.86. The lowest BCUT2D eigenvalue weighted by Gasteiger charge is -2.21. The molecular weight excluding hydrogens is 202 g/mol. The molecule has 0 saturated heterocycles. The van der Waals surface area contributed by atoms with Gasteiger partial charge < -0.3 is 21.1 Å². The Labute approximate surface area is 87.2 Å². The minimum Gasteiger partial charge on any atom is -0.480 e. The molecule has 0 aliphatic rings. The van der Waals surface area contributed by atoms with Crippen LogP contribution in [0.15, 0.2) is 0 Å². The Kier molecular flexibility index (Phi) is 5.14. The number of likely N-dealkylation sites (N-methyl/N-ethyl adjacent to an activating group) is 1. The summed E-state index contributed by atoms with van der Waals surface area (Å²) in [6.07, 6.45) is 0.0288. The Bertz CT molecular complexity index is 267. The highest BCUT2D eigenvalue weighted by atomic mass is 16.4. The summed E-state index contributed by atoms with van der Waals surface area (Å²) in [6.45, 7) is 1.49. The first-order valence-electron chi connectivity index (χ1n) is 4.38. The number of carboxylic acids is 1. The molecule has 0 aliphatic carbocycles. The van der Waals surface area contributed by atoms with Crippen LogP contribution in [0, 0.1) is 0 Å². The van der Waals surface area contributed by atoms with Crippen LogP contribution in [0.3, 0.4) is 0 Å². The molecule has 86 valence electrons. The molecule has 0 aromatic heterocycles. The van der Waals surface area contributed by atoms with Gasteiger partial charge in [-0.2, -0.15) is 0 Å². The van der Waals surface area contributed by atoms with E-state index in [1.54, 1.807) is 0 Å². The average Bonchev–Trinajstić information content (AvgIpc) is 2.14. The summed E-state index contributed by atoms with van der Waals surface area (Å²) >= 11 is 0. The molecule has 0 aromatic carbocycles. The number of nitrogens with zero attached hydrogens (tertiary/aromatic N) is 1. The van der Waals surface area contributed by atoms with Gasteiger partial charge in [-0.15, -0.1) is 0 Å². The van der Waals surface area contributed by atoms with Gasteiger partial charge in [-0.05, 0) is 6.92 Å². The largest absolute Gasteiger partial charge is 0.480 e. The Morgan fingerprint density at radius 3 is 2.40 bits per heavy atom. The van der Waals surface area contributed by atoms with E-state index in [2.05, 4.69) is 5.32 Å². The monoisotopic (exact) mass is 217 g/mol. The number of primary amides is 1. The second kappa shape index (κ2) is 5.84. The lowest BCUT2D eigenvalue weighted by Crippen LogP contribution is -2.46. The number of carbonyl (C=O) groups excluding carboxylic acids is 2. The van der Waals surface area contributed by atoms with E-state index in [9.17, 15) is 14.4 Å². The van der Waals surface area contributed by atoms with Crippen LogP contribution in [-0.4, -0.2) is 47.5 Å². The van der Waals surface area contributed by atoms with Crippen molar-refractivity contribution in [2.24, 2.45) is 5.73 Å². The van der Waals surface area contributed by atoms with Crippen LogP contribution in [0.1, 0.15) is 13.3 Å². The number of amides is 3. The van der Waals surface area contributed by atoms with Gasteiger partial charge in [-0.1, -0.05) is 0 Å². The predicted octanol–water partition coefficient (Wildman–Crippen LogP) is -1.02. The number of rotatable bonds is 5. The molecule has 0 saturated carbocycles. The summed E-state index contributed by atoms with van der Waals surface area (Å²) in [5, 5.41) is 11.0. The van der Waals surface area contributed by atoms with Crippen molar-refractivity contribution in [3.8, 4) is 0 Å². The first kappa shape index (κ1) is 13.2. The lowest BCUT2D eigenvalue weighted by atomic mass is 10.3. The second-order valence-corrected chi connectivity index (χ2v) is 3.07. The standard InChI is InChI=1S/C8H15N3O4/c1-5(7(13)14)11(2)8(15)10-4-3-6(9)12/h5H,3-4H2,1-2H3,(H2,9,12)(H,10,15)(H,13,14). The van der Waals surface area contributed by atoms with Gasteiger partial charge in [-0.3, -0.25) is 4.79 Å². The Morgan fingerprint density at radius 2 is 2.00 bits per heavy atom. The molecular formula is C8H15N3O4. The number of hydrogen-bond donors (Lipinski definition) is 3. The van der Waals surface area contributed by atoms with Crippen LogP contribution in [0.25, 0.3) is 0 Å². The highest BCUT2D eigenvalue weighted by Crippen LogP contribution is 1.95. The molecule has 0 heterocycles. The Balaban J connectivity index is 3.99. The van der Waals surface area contributed by atoms with Crippen molar-refractivity contribution in [2.45, 2.75) is 19.4 Å². The summed E-state index contributed by atoms with van der Waals surface area (Å²) in [4.78, 5) is 33.2. The zero-order chi connectivity index (χ0) is 12.0. The molecule has 0 fully saturated rings. The molecule has 0 aliphatic heterocycles. The highest BCUT2D eigenvalue weighted by Gasteiger charge is 2.20. The van der Waals surface area contributed by atoms with Gasteiger partial charge in [-0.25, -0.2) is 9.59 Å². The van der Waals surface area contributed by atoms with Gasteiger partial charge in [0.05, 0.1) is 0 Å². The van der Waals surface area contributed by atoms with Crippen molar-refractivity contribution in [1.82, 2.24) is 10.2 Å². The van der Waals surface area contributed by atoms with E-state index in [1.807, 2.05) is 0 Å². The molecule has 7 nitrogen and oxygen atoms in total. The molecule has 0 spiro atoms. The van der Waals surface area contributed by atoms with E-state index < -0.39 is 23.9 Å². The molecule has 0 radical (unpaired) electrons. The van der Waals surface area contributed by atoms with Gasteiger partial charge in [0.25, 0.3) is 0 Å². The van der Waals surface area contributed by atoms with Crippen LogP contribution in [0.5, 0.6) is 0 Å². The molecule has 7 heteroatoms. The minimum atomic E-state index is -1.09. The second-order valence-electron chi connectivity index (χ2n) is 3.07. The number of hydrogen-bond acceptors (Lipinski definition) is 3. The smallest absolute Gasteiger partial charge is 0.326 e. The van der Waals surface area contributed by atoms with Crippen LogP contribution in [-0.2, 0) is 9.59 Å². The van der Waals surface area contributed by atoms with Gasteiger partial charge in [0.15, 0.2) is 0 Å². The third kappa shape index (κ3) is 4.84. The maximum absolute atomic E-state index is 11.3. The van der Waals surface area contributed by atoms with Gasteiger partial charge >= 0.3 is 12.0 Å². The number of urea groups is 1. The average molecular weight is 217 g/mol. The number of carboxylic acid groups (broad SMARTS) is 1. The molecule has 3 amide bonds. The summed E-state index contributed by atoms with van der Waals surface area (Å²) in [6, 6.07) is -1.47. The number of aliphatic carboxylic acids is 1. The third-order valence-corrected chi connectivity index (χ3v) is 1.91. The van der Waals surface area contributed by atoms with Crippen molar-refractivity contribution in [3.63, 3.8) is 0 Å². The van der Waals surface area contributed by atoms with E-state index in [0.29, 0.717) is 0 Å². The zero-order valence-electron chi connectivity index (χ0n) is 8.69. The molecule has 0 bridgehead atoms. The Morgan fingerprint density at radius 1 is 1.47 bits per heavy atom. The van der Waals surface area contributed by atoms with E-state index in [1.165, 1.54) is 14.0 Å². The van der Waals surface area contributed by atoms with Crippen molar-refractivity contribution in [1.29, 1.82) is 0 Å². The van der Waals surface area contributed by atoms with Crippen LogP contribution < -0.4 is 11.1 Å². The normalized spacial score (nSPS) is 11.6. The fraction of sp³-hybridized carbons (Fsp3) is 0.625.